The van der Waals surface area contributed by atoms with Gasteiger partial charge in [0.2, 0.25) is 0 Å². The van der Waals surface area contributed by atoms with E-state index in [1.807, 2.05) is 0 Å². The minimum absolute atomic E-state index is 0.436. The van der Waals surface area contributed by atoms with Crippen molar-refractivity contribution in [2.45, 2.75) is 6.54 Å². The van der Waals surface area contributed by atoms with Gasteiger partial charge in [0.1, 0.15) is 0 Å². The van der Waals surface area contributed by atoms with Gasteiger partial charge in [0.05, 0.1) is 10.0 Å². The third-order valence-corrected chi connectivity index (χ3v) is 3.24. The smallest absolute Gasteiger partial charge is 0.312 e. The number of hydrogen-bond acceptors (Lipinski definition) is 2. The zero-order valence-corrected chi connectivity index (χ0v) is 11.2. The molecule has 4 N–H and O–H groups in total. The Hall–Kier alpha value is -0.680. The number of halogens is 3. The molecular weight excluding hydrogens is 284 g/mol. The van der Waals surface area contributed by atoms with Crippen LogP contribution in [0.4, 0.5) is 4.79 Å². The lowest BCUT2D eigenvalue weighted by atomic mass is 10.2. The van der Waals surface area contributed by atoms with Gasteiger partial charge in [-0.2, -0.15) is 0 Å². The van der Waals surface area contributed by atoms with Crippen LogP contribution in [0.1, 0.15) is 5.56 Å². The molecule has 0 fully saturated rings. The summed E-state index contributed by atoms with van der Waals surface area (Å²) in [5.74, 6) is 0. The van der Waals surface area contributed by atoms with Crippen LogP contribution >= 0.6 is 34.8 Å². The Kier molecular flexibility index (Phi) is 5.85. The molecule has 0 heterocycles. The van der Waals surface area contributed by atoms with Crippen LogP contribution in [0, 0.1) is 0 Å². The molecule has 0 radical (unpaired) electrons. The summed E-state index contributed by atoms with van der Waals surface area (Å²) in [5.41, 5.74) is 5.65. The molecule has 17 heavy (non-hydrogen) atoms. The predicted octanol–water partition coefficient (Wildman–Crippen LogP) is 2.40. The monoisotopic (exact) mass is 295 g/mol. The van der Waals surface area contributed by atoms with E-state index in [9.17, 15) is 4.79 Å². The first-order chi connectivity index (χ1) is 8.02. The molecular formula is C10H12Cl3N3O. The zero-order valence-electron chi connectivity index (χ0n) is 8.90. The first kappa shape index (κ1) is 14.4. The first-order valence-corrected chi connectivity index (χ1v) is 6.02. The minimum atomic E-state index is -0.550. The number of urea groups is 1. The number of carbonyl (C=O) groups is 1. The van der Waals surface area contributed by atoms with Crippen molar-refractivity contribution in [3.63, 3.8) is 0 Å². The van der Waals surface area contributed by atoms with Gasteiger partial charge < -0.3 is 16.4 Å². The van der Waals surface area contributed by atoms with Crippen molar-refractivity contribution in [1.29, 1.82) is 0 Å². The molecule has 4 nitrogen and oxygen atoms in total. The van der Waals surface area contributed by atoms with Gasteiger partial charge in [0, 0.05) is 30.2 Å². The van der Waals surface area contributed by atoms with Crippen molar-refractivity contribution in [1.82, 2.24) is 10.6 Å². The molecule has 1 aromatic carbocycles. The molecule has 1 aromatic rings. The average Bonchev–Trinajstić information content (AvgIpc) is 2.27. The maximum atomic E-state index is 10.4. The molecule has 1 rings (SSSR count). The summed E-state index contributed by atoms with van der Waals surface area (Å²) in [6.45, 7) is 1.46. The molecule has 2 amide bonds. The van der Waals surface area contributed by atoms with Gasteiger partial charge in [-0.25, -0.2) is 4.79 Å². The minimum Gasteiger partial charge on any atom is -0.352 e. The van der Waals surface area contributed by atoms with Crippen LogP contribution in [-0.2, 0) is 6.54 Å². The van der Waals surface area contributed by atoms with E-state index in [0.29, 0.717) is 34.7 Å². The fourth-order valence-electron chi connectivity index (χ4n) is 1.22. The van der Waals surface area contributed by atoms with E-state index in [0.717, 1.165) is 5.56 Å². The van der Waals surface area contributed by atoms with E-state index < -0.39 is 6.03 Å². The summed E-state index contributed by atoms with van der Waals surface area (Å²) in [6, 6.07) is 2.78. The molecule has 0 atom stereocenters. The van der Waals surface area contributed by atoms with Crippen molar-refractivity contribution in [3.05, 3.63) is 32.8 Å². The number of benzene rings is 1. The van der Waals surface area contributed by atoms with E-state index in [2.05, 4.69) is 10.6 Å². The molecule has 0 aliphatic rings. The summed E-state index contributed by atoms with van der Waals surface area (Å²) >= 11 is 17.9. The molecule has 7 heteroatoms. The maximum absolute atomic E-state index is 10.4. The third-order valence-electron chi connectivity index (χ3n) is 2.04. The maximum Gasteiger partial charge on any atom is 0.312 e. The SMILES string of the molecule is NC(=O)NCCNCc1c(Cl)ccc(Cl)c1Cl. The summed E-state index contributed by atoms with van der Waals surface area (Å²) in [6.07, 6.45) is 0. The molecule has 0 aromatic heterocycles. The summed E-state index contributed by atoms with van der Waals surface area (Å²) in [7, 11) is 0. The second-order valence-corrected chi connectivity index (χ2v) is 4.48. The van der Waals surface area contributed by atoms with Crippen LogP contribution in [0.25, 0.3) is 0 Å². The standard InChI is InChI=1S/C10H12Cl3N3O/c11-7-1-2-8(12)9(13)6(7)5-15-3-4-16-10(14)17/h1-2,15H,3-5H2,(H3,14,16,17). The Morgan fingerprint density at radius 1 is 1.18 bits per heavy atom. The number of carbonyl (C=O) groups excluding carboxylic acids is 1. The molecule has 0 bridgehead atoms. The van der Waals surface area contributed by atoms with Gasteiger partial charge in [0.15, 0.2) is 0 Å². The van der Waals surface area contributed by atoms with E-state index in [4.69, 9.17) is 40.5 Å². The number of amides is 2. The average molecular weight is 297 g/mol. The molecule has 0 saturated heterocycles. The lowest BCUT2D eigenvalue weighted by Gasteiger charge is -2.10. The van der Waals surface area contributed by atoms with Gasteiger partial charge in [0.25, 0.3) is 0 Å². The van der Waals surface area contributed by atoms with E-state index in [1.165, 1.54) is 0 Å². The summed E-state index contributed by atoms with van der Waals surface area (Å²) in [5, 5.41) is 6.98. The van der Waals surface area contributed by atoms with Gasteiger partial charge in [-0.05, 0) is 12.1 Å². The largest absolute Gasteiger partial charge is 0.352 e. The fourth-order valence-corrected chi connectivity index (χ4v) is 1.90. The first-order valence-electron chi connectivity index (χ1n) is 4.88. The van der Waals surface area contributed by atoms with E-state index in [1.54, 1.807) is 12.1 Å². The Morgan fingerprint density at radius 2 is 1.82 bits per heavy atom. The number of rotatable bonds is 5. The van der Waals surface area contributed by atoms with E-state index >= 15 is 0 Å². The molecule has 0 aliphatic heterocycles. The lowest BCUT2D eigenvalue weighted by molar-refractivity contribution is 0.249. The molecule has 0 saturated carbocycles. The van der Waals surface area contributed by atoms with Crippen molar-refractivity contribution >= 4 is 40.8 Å². The second kappa shape index (κ2) is 6.91. The van der Waals surface area contributed by atoms with Gasteiger partial charge in [-0.1, -0.05) is 34.8 Å². The highest BCUT2D eigenvalue weighted by molar-refractivity contribution is 6.44. The predicted molar refractivity (Wildman–Crippen MR) is 70.8 cm³/mol. The fraction of sp³-hybridized carbons (Fsp3) is 0.300. The quantitative estimate of drug-likeness (QED) is 0.577. The number of nitrogens with two attached hydrogens (primary N) is 1. The van der Waals surface area contributed by atoms with Crippen LogP contribution in [0.2, 0.25) is 15.1 Å². The van der Waals surface area contributed by atoms with Crippen LogP contribution in [0.3, 0.4) is 0 Å². The van der Waals surface area contributed by atoms with Crippen molar-refractivity contribution in [2.24, 2.45) is 5.73 Å². The summed E-state index contributed by atoms with van der Waals surface area (Å²) < 4.78 is 0. The van der Waals surface area contributed by atoms with Crippen LogP contribution in [0.5, 0.6) is 0 Å². The third kappa shape index (κ3) is 4.60. The molecule has 0 unspecified atom stereocenters. The number of nitrogens with one attached hydrogen (secondary N) is 2. The van der Waals surface area contributed by atoms with Gasteiger partial charge >= 0.3 is 6.03 Å². The highest BCUT2D eigenvalue weighted by Gasteiger charge is 2.08. The Labute approximate surface area is 114 Å². The van der Waals surface area contributed by atoms with Crippen molar-refractivity contribution in [3.8, 4) is 0 Å². The Balaban J connectivity index is 2.46. The molecule has 94 valence electrons. The van der Waals surface area contributed by atoms with Crippen molar-refractivity contribution in [2.75, 3.05) is 13.1 Å². The Bertz CT molecular complexity index is 412. The highest BCUT2D eigenvalue weighted by atomic mass is 35.5. The van der Waals surface area contributed by atoms with E-state index in [-0.39, 0.29) is 0 Å². The van der Waals surface area contributed by atoms with Gasteiger partial charge in [-0.3, -0.25) is 0 Å². The van der Waals surface area contributed by atoms with Crippen molar-refractivity contribution < 1.29 is 4.79 Å². The highest BCUT2D eigenvalue weighted by Crippen LogP contribution is 2.31. The van der Waals surface area contributed by atoms with Gasteiger partial charge in [-0.15, -0.1) is 0 Å². The molecule has 0 spiro atoms. The lowest BCUT2D eigenvalue weighted by Crippen LogP contribution is -2.35. The number of hydrogen-bond donors (Lipinski definition) is 3. The van der Waals surface area contributed by atoms with Crippen LogP contribution in [0.15, 0.2) is 12.1 Å². The normalized spacial score (nSPS) is 10.3. The number of primary amides is 1. The Morgan fingerprint density at radius 3 is 2.47 bits per heavy atom. The van der Waals surface area contributed by atoms with Crippen LogP contribution < -0.4 is 16.4 Å². The topological polar surface area (TPSA) is 67.2 Å². The second-order valence-electron chi connectivity index (χ2n) is 3.29. The van der Waals surface area contributed by atoms with Crippen LogP contribution in [-0.4, -0.2) is 19.1 Å². The summed E-state index contributed by atoms with van der Waals surface area (Å²) in [4.78, 5) is 10.4. The molecule has 0 aliphatic carbocycles. The zero-order chi connectivity index (χ0) is 12.8.